The van der Waals surface area contributed by atoms with E-state index in [9.17, 15) is 0 Å². The SMILES string of the molecule is CCNCc1ccc(COc2cccc(OC)c2)s1. The largest absolute Gasteiger partial charge is 0.497 e. The molecule has 1 heterocycles. The number of rotatable bonds is 7. The van der Waals surface area contributed by atoms with E-state index >= 15 is 0 Å². The Morgan fingerprint density at radius 2 is 1.89 bits per heavy atom. The summed E-state index contributed by atoms with van der Waals surface area (Å²) in [6, 6.07) is 11.9. The van der Waals surface area contributed by atoms with Gasteiger partial charge in [0, 0.05) is 22.4 Å². The zero-order valence-electron chi connectivity index (χ0n) is 11.3. The fourth-order valence-corrected chi connectivity index (χ4v) is 2.59. The molecular formula is C15H19NO2S. The Balaban J connectivity index is 1.89. The summed E-state index contributed by atoms with van der Waals surface area (Å²) in [5.74, 6) is 1.65. The molecule has 0 saturated carbocycles. The van der Waals surface area contributed by atoms with Gasteiger partial charge in [-0.2, -0.15) is 0 Å². The summed E-state index contributed by atoms with van der Waals surface area (Å²) in [4.78, 5) is 2.57. The molecular weight excluding hydrogens is 258 g/mol. The van der Waals surface area contributed by atoms with Gasteiger partial charge in [-0.3, -0.25) is 0 Å². The molecule has 2 rings (SSSR count). The zero-order valence-corrected chi connectivity index (χ0v) is 12.1. The van der Waals surface area contributed by atoms with Crippen molar-refractivity contribution in [3.8, 4) is 11.5 Å². The number of thiophene rings is 1. The van der Waals surface area contributed by atoms with E-state index in [0.717, 1.165) is 24.6 Å². The predicted molar refractivity (Wildman–Crippen MR) is 79.0 cm³/mol. The Kier molecular flexibility index (Phi) is 5.24. The lowest BCUT2D eigenvalue weighted by molar-refractivity contribution is 0.307. The second-order valence-electron chi connectivity index (χ2n) is 4.12. The highest BCUT2D eigenvalue weighted by Crippen LogP contribution is 2.22. The van der Waals surface area contributed by atoms with Crippen molar-refractivity contribution < 1.29 is 9.47 Å². The number of hydrogen-bond donors (Lipinski definition) is 1. The van der Waals surface area contributed by atoms with Gasteiger partial charge in [0.15, 0.2) is 0 Å². The van der Waals surface area contributed by atoms with Crippen LogP contribution in [0.5, 0.6) is 11.5 Å². The van der Waals surface area contributed by atoms with Crippen LogP contribution in [-0.2, 0) is 13.2 Å². The normalized spacial score (nSPS) is 10.4. The summed E-state index contributed by atoms with van der Waals surface area (Å²) < 4.78 is 10.9. The second kappa shape index (κ2) is 7.16. The molecule has 19 heavy (non-hydrogen) atoms. The molecule has 0 aliphatic carbocycles. The van der Waals surface area contributed by atoms with Gasteiger partial charge in [0.05, 0.1) is 7.11 Å². The monoisotopic (exact) mass is 277 g/mol. The van der Waals surface area contributed by atoms with Gasteiger partial charge in [-0.1, -0.05) is 13.0 Å². The highest BCUT2D eigenvalue weighted by Gasteiger charge is 2.02. The van der Waals surface area contributed by atoms with E-state index in [1.165, 1.54) is 9.75 Å². The molecule has 0 atom stereocenters. The molecule has 0 aliphatic heterocycles. The Bertz CT molecular complexity index is 510. The molecule has 0 radical (unpaired) electrons. The van der Waals surface area contributed by atoms with Crippen LogP contribution < -0.4 is 14.8 Å². The van der Waals surface area contributed by atoms with Gasteiger partial charge in [0.2, 0.25) is 0 Å². The van der Waals surface area contributed by atoms with Crippen LogP contribution in [0.15, 0.2) is 36.4 Å². The van der Waals surface area contributed by atoms with E-state index in [0.29, 0.717) is 6.61 Å². The molecule has 0 amide bonds. The molecule has 0 unspecified atom stereocenters. The predicted octanol–water partition coefficient (Wildman–Crippen LogP) is 3.45. The molecule has 0 bridgehead atoms. The van der Waals surface area contributed by atoms with Crippen LogP contribution >= 0.6 is 11.3 Å². The fourth-order valence-electron chi connectivity index (χ4n) is 1.69. The summed E-state index contributed by atoms with van der Waals surface area (Å²) >= 11 is 1.78. The smallest absolute Gasteiger partial charge is 0.123 e. The number of methoxy groups -OCH3 is 1. The van der Waals surface area contributed by atoms with Crippen LogP contribution in [0.4, 0.5) is 0 Å². The Morgan fingerprint density at radius 3 is 2.68 bits per heavy atom. The van der Waals surface area contributed by atoms with Gasteiger partial charge in [0.1, 0.15) is 18.1 Å². The Morgan fingerprint density at radius 1 is 1.11 bits per heavy atom. The standard InChI is InChI=1S/C15H19NO2S/c1-3-16-10-14-7-8-15(19-14)11-18-13-6-4-5-12(9-13)17-2/h4-9,16H,3,10-11H2,1-2H3. The molecule has 0 aliphatic rings. The van der Waals surface area contributed by atoms with Crippen LogP contribution in [0, 0.1) is 0 Å². The molecule has 0 spiro atoms. The summed E-state index contributed by atoms with van der Waals surface area (Å²) in [7, 11) is 1.66. The maximum absolute atomic E-state index is 5.76. The van der Waals surface area contributed by atoms with Gasteiger partial charge in [0.25, 0.3) is 0 Å². The van der Waals surface area contributed by atoms with Crippen molar-refractivity contribution in [3.63, 3.8) is 0 Å². The van der Waals surface area contributed by atoms with Crippen molar-refractivity contribution in [2.45, 2.75) is 20.1 Å². The Labute approximate surface area is 118 Å². The lowest BCUT2D eigenvalue weighted by Gasteiger charge is -2.06. The van der Waals surface area contributed by atoms with Gasteiger partial charge in [-0.25, -0.2) is 0 Å². The average molecular weight is 277 g/mol. The number of hydrogen-bond acceptors (Lipinski definition) is 4. The van der Waals surface area contributed by atoms with Crippen LogP contribution in [0.25, 0.3) is 0 Å². The topological polar surface area (TPSA) is 30.5 Å². The van der Waals surface area contributed by atoms with E-state index in [1.54, 1.807) is 18.4 Å². The van der Waals surface area contributed by atoms with Gasteiger partial charge >= 0.3 is 0 Å². The molecule has 0 fully saturated rings. The molecule has 3 nitrogen and oxygen atoms in total. The third kappa shape index (κ3) is 4.26. The summed E-state index contributed by atoms with van der Waals surface area (Å²) in [5, 5.41) is 3.32. The van der Waals surface area contributed by atoms with Crippen LogP contribution in [0.2, 0.25) is 0 Å². The van der Waals surface area contributed by atoms with E-state index in [2.05, 4.69) is 24.4 Å². The molecule has 1 N–H and O–H groups in total. The summed E-state index contributed by atoms with van der Waals surface area (Å²) in [5.41, 5.74) is 0. The van der Waals surface area contributed by atoms with Crippen molar-refractivity contribution in [2.24, 2.45) is 0 Å². The first-order valence-corrected chi connectivity index (χ1v) is 7.18. The number of nitrogens with one attached hydrogen (secondary N) is 1. The second-order valence-corrected chi connectivity index (χ2v) is 5.37. The molecule has 4 heteroatoms. The molecule has 0 saturated heterocycles. The average Bonchev–Trinajstić information content (AvgIpc) is 2.91. The van der Waals surface area contributed by atoms with Crippen LogP contribution in [-0.4, -0.2) is 13.7 Å². The fraction of sp³-hybridized carbons (Fsp3) is 0.333. The molecule has 1 aromatic carbocycles. The number of benzene rings is 1. The van der Waals surface area contributed by atoms with Gasteiger partial charge in [-0.15, -0.1) is 11.3 Å². The number of ether oxygens (including phenoxy) is 2. The third-order valence-electron chi connectivity index (χ3n) is 2.69. The minimum absolute atomic E-state index is 0.601. The van der Waals surface area contributed by atoms with Crippen molar-refractivity contribution in [2.75, 3.05) is 13.7 Å². The highest BCUT2D eigenvalue weighted by atomic mass is 32.1. The van der Waals surface area contributed by atoms with Crippen molar-refractivity contribution in [1.29, 1.82) is 0 Å². The van der Waals surface area contributed by atoms with Crippen LogP contribution in [0.3, 0.4) is 0 Å². The van der Waals surface area contributed by atoms with Crippen molar-refractivity contribution in [1.82, 2.24) is 5.32 Å². The Hall–Kier alpha value is -1.52. The highest BCUT2D eigenvalue weighted by molar-refractivity contribution is 7.11. The molecule has 1 aromatic heterocycles. The minimum Gasteiger partial charge on any atom is -0.497 e. The lowest BCUT2D eigenvalue weighted by Crippen LogP contribution is -2.10. The van der Waals surface area contributed by atoms with Crippen molar-refractivity contribution in [3.05, 3.63) is 46.2 Å². The first-order valence-electron chi connectivity index (χ1n) is 6.37. The molecule has 2 aromatic rings. The van der Waals surface area contributed by atoms with Crippen molar-refractivity contribution >= 4 is 11.3 Å². The maximum Gasteiger partial charge on any atom is 0.123 e. The first kappa shape index (κ1) is 13.9. The van der Waals surface area contributed by atoms with E-state index in [-0.39, 0.29) is 0 Å². The minimum atomic E-state index is 0.601. The summed E-state index contributed by atoms with van der Waals surface area (Å²) in [6.07, 6.45) is 0. The quantitative estimate of drug-likeness (QED) is 0.841. The van der Waals surface area contributed by atoms with E-state index in [4.69, 9.17) is 9.47 Å². The maximum atomic E-state index is 5.76. The summed E-state index contributed by atoms with van der Waals surface area (Å²) in [6.45, 7) is 4.64. The van der Waals surface area contributed by atoms with E-state index < -0.39 is 0 Å². The third-order valence-corrected chi connectivity index (χ3v) is 3.75. The van der Waals surface area contributed by atoms with E-state index in [1.807, 2.05) is 24.3 Å². The van der Waals surface area contributed by atoms with Crippen LogP contribution in [0.1, 0.15) is 16.7 Å². The zero-order chi connectivity index (χ0) is 13.5. The van der Waals surface area contributed by atoms with Gasteiger partial charge < -0.3 is 14.8 Å². The first-order chi connectivity index (χ1) is 9.31. The van der Waals surface area contributed by atoms with Gasteiger partial charge in [-0.05, 0) is 30.8 Å². The molecule has 102 valence electrons. The lowest BCUT2D eigenvalue weighted by atomic mass is 10.3.